The van der Waals surface area contributed by atoms with Crippen LogP contribution in [-0.2, 0) is 11.2 Å². The first kappa shape index (κ1) is 19.9. The number of nitrogen functional groups attached to an aromatic ring is 1. The van der Waals surface area contributed by atoms with Crippen molar-refractivity contribution in [2.24, 2.45) is 5.73 Å². The van der Waals surface area contributed by atoms with Crippen LogP contribution in [0.15, 0.2) is 42.5 Å². The number of hydrogen-bond donors (Lipinski definition) is 3. The van der Waals surface area contributed by atoms with E-state index in [0.717, 1.165) is 12.8 Å². The summed E-state index contributed by atoms with van der Waals surface area (Å²) < 4.78 is 15.4. The molecule has 1 fully saturated rings. The van der Waals surface area contributed by atoms with Gasteiger partial charge in [-0.05, 0) is 36.6 Å². The topological polar surface area (TPSA) is 116 Å². The Balaban J connectivity index is 1.52. The molecule has 2 aromatic carbocycles. The van der Waals surface area contributed by atoms with Gasteiger partial charge in [0.25, 0.3) is 5.91 Å². The maximum atomic E-state index is 13.8. The zero-order valence-corrected chi connectivity index (χ0v) is 16.6. The van der Waals surface area contributed by atoms with E-state index in [-0.39, 0.29) is 35.4 Å². The van der Waals surface area contributed by atoms with Gasteiger partial charge in [-0.25, -0.2) is 9.07 Å². The van der Waals surface area contributed by atoms with Crippen LogP contribution >= 0.6 is 11.6 Å². The largest absolute Gasteiger partial charge is 0.383 e. The quantitative estimate of drug-likeness (QED) is 0.557. The van der Waals surface area contributed by atoms with Crippen LogP contribution in [0.4, 0.5) is 15.9 Å². The molecular formula is C21H19ClFN5O2. The van der Waals surface area contributed by atoms with Gasteiger partial charge in [0.05, 0.1) is 18.2 Å². The van der Waals surface area contributed by atoms with Crippen LogP contribution < -0.4 is 16.8 Å². The van der Waals surface area contributed by atoms with E-state index < -0.39 is 11.7 Å². The molecule has 30 heavy (non-hydrogen) atoms. The van der Waals surface area contributed by atoms with Crippen molar-refractivity contribution < 1.29 is 14.0 Å². The number of nitrogens with zero attached hydrogens (tertiary/aromatic N) is 2. The molecule has 1 aliphatic carbocycles. The summed E-state index contributed by atoms with van der Waals surface area (Å²) in [7, 11) is 0. The number of aromatic nitrogens is 2. The summed E-state index contributed by atoms with van der Waals surface area (Å²) in [6.07, 6.45) is 1.96. The van der Waals surface area contributed by atoms with Gasteiger partial charge in [0.15, 0.2) is 0 Å². The number of hydrogen-bond acceptors (Lipinski definition) is 4. The number of rotatable bonds is 6. The van der Waals surface area contributed by atoms with Crippen molar-refractivity contribution in [2.75, 3.05) is 11.1 Å². The molecule has 0 bridgehead atoms. The molecule has 4 rings (SSSR count). The predicted molar refractivity (Wildman–Crippen MR) is 113 cm³/mol. The molecule has 1 aromatic heterocycles. The van der Waals surface area contributed by atoms with E-state index in [1.807, 2.05) is 0 Å². The van der Waals surface area contributed by atoms with Gasteiger partial charge in [-0.15, -0.1) is 0 Å². The van der Waals surface area contributed by atoms with Crippen molar-refractivity contribution in [3.05, 3.63) is 64.4 Å². The van der Waals surface area contributed by atoms with Crippen molar-refractivity contribution in [3.63, 3.8) is 0 Å². The second kappa shape index (κ2) is 7.79. The Hall–Kier alpha value is -3.39. The third kappa shape index (κ3) is 3.99. The SMILES string of the molecule is NC(=O)c1c(-c2ccc(CC(=O)Nc3cc(Cl)ccc3F)cc2)nn(C2CC2)c1N. The molecule has 154 valence electrons. The van der Waals surface area contributed by atoms with Crippen LogP contribution in [0.5, 0.6) is 0 Å². The van der Waals surface area contributed by atoms with E-state index in [4.69, 9.17) is 23.1 Å². The van der Waals surface area contributed by atoms with Gasteiger partial charge < -0.3 is 16.8 Å². The summed E-state index contributed by atoms with van der Waals surface area (Å²) in [5, 5.41) is 7.32. The first-order valence-corrected chi connectivity index (χ1v) is 9.73. The molecule has 2 amide bonds. The van der Waals surface area contributed by atoms with Crippen LogP contribution in [0.25, 0.3) is 11.3 Å². The third-order valence-electron chi connectivity index (χ3n) is 4.88. The summed E-state index contributed by atoms with van der Waals surface area (Å²) in [6.45, 7) is 0. The number of anilines is 2. The number of benzene rings is 2. The molecule has 7 nitrogen and oxygen atoms in total. The van der Waals surface area contributed by atoms with E-state index in [1.165, 1.54) is 18.2 Å². The first-order chi connectivity index (χ1) is 14.3. The Kier molecular flexibility index (Phi) is 5.17. The molecule has 0 aliphatic heterocycles. The summed E-state index contributed by atoms with van der Waals surface area (Å²) >= 11 is 5.84. The highest BCUT2D eigenvalue weighted by Crippen LogP contribution is 2.39. The van der Waals surface area contributed by atoms with Gasteiger partial charge in [0.2, 0.25) is 5.91 Å². The minimum atomic E-state index is -0.638. The summed E-state index contributed by atoms with van der Waals surface area (Å²) in [5.41, 5.74) is 13.6. The molecular weight excluding hydrogens is 409 g/mol. The zero-order chi connectivity index (χ0) is 21.4. The van der Waals surface area contributed by atoms with Crippen molar-refractivity contribution in [3.8, 4) is 11.3 Å². The average Bonchev–Trinajstić information content (AvgIpc) is 3.47. The Labute approximate surface area is 176 Å². The highest BCUT2D eigenvalue weighted by molar-refractivity contribution is 6.30. The lowest BCUT2D eigenvalue weighted by Gasteiger charge is -2.07. The molecule has 1 heterocycles. The smallest absolute Gasteiger partial charge is 0.254 e. The van der Waals surface area contributed by atoms with Gasteiger partial charge in [-0.2, -0.15) is 5.10 Å². The number of primary amides is 1. The molecule has 3 aromatic rings. The second-order valence-corrected chi connectivity index (χ2v) is 7.63. The molecule has 0 radical (unpaired) electrons. The number of nitrogens with one attached hydrogen (secondary N) is 1. The normalized spacial score (nSPS) is 13.3. The first-order valence-electron chi connectivity index (χ1n) is 9.35. The Morgan fingerprint density at radius 3 is 2.53 bits per heavy atom. The van der Waals surface area contributed by atoms with Gasteiger partial charge in [-0.1, -0.05) is 35.9 Å². The van der Waals surface area contributed by atoms with Crippen LogP contribution in [0, 0.1) is 5.82 Å². The number of nitrogens with two attached hydrogens (primary N) is 2. The lowest BCUT2D eigenvalue weighted by Crippen LogP contribution is -2.15. The number of halogens is 2. The molecule has 1 aliphatic rings. The Bertz CT molecular complexity index is 1140. The molecule has 5 N–H and O–H groups in total. The summed E-state index contributed by atoms with van der Waals surface area (Å²) in [5.74, 6) is -1.32. The molecule has 0 unspecified atom stereocenters. The van der Waals surface area contributed by atoms with E-state index in [0.29, 0.717) is 21.8 Å². The standard InChI is InChI=1S/C21H19ClFN5O2/c22-13-5-8-15(23)16(10-13)26-17(29)9-11-1-3-12(4-2-11)19-18(21(25)30)20(24)28(27-19)14-6-7-14/h1-5,8,10,14H,6-7,9,24H2,(H2,25,30)(H,26,29). The molecule has 1 saturated carbocycles. The van der Waals surface area contributed by atoms with Gasteiger partial charge in [-0.3, -0.25) is 9.59 Å². The molecule has 0 saturated heterocycles. The zero-order valence-electron chi connectivity index (χ0n) is 15.9. The second-order valence-electron chi connectivity index (χ2n) is 7.19. The highest BCUT2D eigenvalue weighted by atomic mass is 35.5. The fourth-order valence-corrected chi connectivity index (χ4v) is 3.42. The van der Waals surface area contributed by atoms with E-state index >= 15 is 0 Å². The fourth-order valence-electron chi connectivity index (χ4n) is 3.24. The molecule has 9 heteroatoms. The minimum Gasteiger partial charge on any atom is -0.383 e. The van der Waals surface area contributed by atoms with Crippen LogP contribution in [0.1, 0.15) is 34.8 Å². The Morgan fingerprint density at radius 1 is 1.20 bits per heavy atom. The molecule has 0 spiro atoms. The van der Waals surface area contributed by atoms with Crippen LogP contribution in [0.3, 0.4) is 0 Å². The van der Waals surface area contributed by atoms with Crippen LogP contribution in [-0.4, -0.2) is 21.6 Å². The maximum absolute atomic E-state index is 13.8. The Morgan fingerprint density at radius 2 is 1.90 bits per heavy atom. The number of carbonyl (C=O) groups excluding carboxylic acids is 2. The van der Waals surface area contributed by atoms with Crippen LogP contribution in [0.2, 0.25) is 5.02 Å². The summed E-state index contributed by atoms with van der Waals surface area (Å²) in [6, 6.07) is 11.1. The van der Waals surface area contributed by atoms with Crippen molar-refractivity contribution >= 4 is 34.9 Å². The van der Waals surface area contributed by atoms with Crippen molar-refractivity contribution in [2.45, 2.75) is 25.3 Å². The predicted octanol–water partition coefficient (Wildman–Crippen LogP) is 3.54. The monoisotopic (exact) mass is 427 g/mol. The van der Waals surface area contributed by atoms with E-state index in [1.54, 1.807) is 28.9 Å². The summed E-state index contributed by atoms with van der Waals surface area (Å²) in [4.78, 5) is 24.2. The minimum absolute atomic E-state index is 0.0244. The van der Waals surface area contributed by atoms with E-state index in [9.17, 15) is 14.0 Å². The van der Waals surface area contributed by atoms with E-state index in [2.05, 4.69) is 10.4 Å². The highest BCUT2D eigenvalue weighted by Gasteiger charge is 2.31. The number of carbonyl (C=O) groups is 2. The third-order valence-corrected chi connectivity index (χ3v) is 5.12. The van der Waals surface area contributed by atoms with Crippen molar-refractivity contribution in [1.82, 2.24) is 9.78 Å². The maximum Gasteiger partial charge on any atom is 0.254 e. The van der Waals surface area contributed by atoms with Gasteiger partial charge in [0, 0.05) is 10.6 Å². The lowest BCUT2D eigenvalue weighted by atomic mass is 10.0. The van der Waals surface area contributed by atoms with Gasteiger partial charge >= 0.3 is 0 Å². The lowest BCUT2D eigenvalue weighted by molar-refractivity contribution is -0.115. The fraction of sp³-hybridized carbons (Fsp3) is 0.190. The number of amides is 2. The van der Waals surface area contributed by atoms with Gasteiger partial charge in [0.1, 0.15) is 22.9 Å². The average molecular weight is 428 g/mol. The molecule has 0 atom stereocenters. The van der Waals surface area contributed by atoms with Crippen molar-refractivity contribution in [1.29, 1.82) is 0 Å².